The van der Waals surface area contributed by atoms with Gasteiger partial charge in [-0.15, -0.1) is 0 Å². The molecule has 1 heterocycles. The Labute approximate surface area is 117 Å². The molecule has 102 valence electrons. The van der Waals surface area contributed by atoms with Crippen molar-refractivity contribution in [3.8, 4) is 0 Å². The fourth-order valence-corrected chi connectivity index (χ4v) is 2.68. The van der Waals surface area contributed by atoms with E-state index in [0.29, 0.717) is 18.4 Å². The summed E-state index contributed by atoms with van der Waals surface area (Å²) in [5.74, 6) is -0.166. The van der Waals surface area contributed by atoms with Gasteiger partial charge in [0.05, 0.1) is 0 Å². The van der Waals surface area contributed by atoms with Crippen molar-refractivity contribution in [2.75, 3.05) is 11.4 Å². The summed E-state index contributed by atoms with van der Waals surface area (Å²) in [6.07, 6.45) is 1.70. The Kier molecular flexibility index (Phi) is 3.50. The quantitative estimate of drug-likeness (QED) is 0.836. The van der Waals surface area contributed by atoms with E-state index >= 15 is 0 Å². The van der Waals surface area contributed by atoms with Gasteiger partial charge in [0.2, 0.25) is 5.91 Å². The van der Waals surface area contributed by atoms with Gasteiger partial charge in [-0.3, -0.25) is 4.79 Å². The predicted molar refractivity (Wildman–Crippen MR) is 77.2 cm³/mol. The number of nitrogens with zero attached hydrogens (tertiary/aromatic N) is 1. The van der Waals surface area contributed by atoms with Crippen molar-refractivity contribution in [3.05, 3.63) is 65.5 Å². The van der Waals surface area contributed by atoms with Gasteiger partial charge >= 0.3 is 0 Å². The maximum Gasteiger partial charge on any atom is 0.227 e. The van der Waals surface area contributed by atoms with Gasteiger partial charge in [-0.2, -0.15) is 0 Å². The number of carbonyl (C=O) groups excluding carboxylic acids is 1. The van der Waals surface area contributed by atoms with Crippen LogP contribution in [0.15, 0.2) is 48.5 Å². The number of amides is 1. The van der Waals surface area contributed by atoms with Crippen LogP contribution in [0.1, 0.15) is 17.5 Å². The minimum atomic E-state index is -0.234. The van der Waals surface area contributed by atoms with Crippen LogP contribution in [0.2, 0.25) is 0 Å². The second kappa shape index (κ2) is 5.45. The highest BCUT2D eigenvalue weighted by Crippen LogP contribution is 2.28. The van der Waals surface area contributed by atoms with E-state index < -0.39 is 0 Å². The summed E-state index contributed by atoms with van der Waals surface area (Å²) >= 11 is 0. The molecule has 0 spiro atoms. The second-order valence-corrected chi connectivity index (χ2v) is 5.02. The lowest BCUT2D eigenvalue weighted by Gasteiger charge is -2.17. The molecule has 0 atom stereocenters. The van der Waals surface area contributed by atoms with E-state index in [-0.39, 0.29) is 11.7 Å². The molecule has 1 aliphatic heterocycles. The second-order valence-electron chi connectivity index (χ2n) is 5.02. The molecule has 0 aliphatic carbocycles. The normalized spacial score (nSPS) is 13.3. The van der Waals surface area contributed by atoms with E-state index in [4.69, 9.17) is 0 Å². The lowest BCUT2D eigenvalue weighted by Crippen LogP contribution is -2.29. The SMILES string of the molecule is O=C(CCc1ccccc1F)N1CCc2ccccc21. The van der Waals surface area contributed by atoms with E-state index in [1.807, 2.05) is 23.1 Å². The highest BCUT2D eigenvalue weighted by atomic mass is 19.1. The molecule has 2 aromatic rings. The molecule has 2 aromatic carbocycles. The number of halogens is 1. The third-order valence-corrected chi connectivity index (χ3v) is 3.75. The number of anilines is 1. The molecule has 2 nitrogen and oxygen atoms in total. The minimum Gasteiger partial charge on any atom is -0.312 e. The molecule has 3 heteroatoms. The monoisotopic (exact) mass is 269 g/mol. The molecule has 0 bridgehead atoms. The van der Waals surface area contributed by atoms with Crippen LogP contribution in [-0.2, 0) is 17.6 Å². The summed E-state index contributed by atoms with van der Waals surface area (Å²) in [7, 11) is 0. The first-order valence-corrected chi connectivity index (χ1v) is 6.87. The molecule has 0 unspecified atom stereocenters. The van der Waals surface area contributed by atoms with Gasteiger partial charge < -0.3 is 4.90 Å². The number of carbonyl (C=O) groups is 1. The third kappa shape index (κ3) is 2.44. The molecule has 0 fully saturated rings. The Morgan fingerprint density at radius 2 is 1.85 bits per heavy atom. The van der Waals surface area contributed by atoms with Gasteiger partial charge in [0.15, 0.2) is 0 Å². The van der Waals surface area contributed by atoms with Crippen molar-refractivity contribution in [2.45, 2.75) is 19.3 Å². The molecule has 20 heavy (non-hydrogen) atoms. The van der Waals surface area contributed by atoms with Crippen LogP contribution in [0.4, 0.5) is 10.1 Å². The topological polar surface area (TPSA) is 20.3 Å². The van der Waals surface area contributed by atoms with Crippen LogP contribution in [0.25, 0.3) is 0 Å². The Bertz CT molecular complexity index is 638. The van der Waals surface area contributed by atoms with Crippen molar-refractivity contribution in [1.82, 2.24) is 0 Å². The number of hydrogen-bond acceptors (Lipinski definition) is 1. The highest BCUT2D eigenvalue weighted by molar-refractivity contribution is 5.95. The number of fused-ring (bicyclic) bond motifs is 1. The minimum absolute atomic E-state index is 0.0678. The zero-order valence-electron chi connectivity index (χ0n) is 11.2. The van der Waals surface area contributed by atoms with Crippen molar-refractivity contribution >= 4 is 11.6 Å². The number of hydrogen-bond donors (Lipinski definition) is 0. The lowest BCUT2D eigenvalue weighted by atomic mass is 10.1. The zero-order chi connectivity index (χ0) is 13.9. The largest absolute Gasteiger partial charge is 0.312 e. The van der Waals surface area contributed by atoms with E-state index in [2.05, 4.69) is 6.07 Å². The fraction of sp³-hybridized carbons (Fsp3) is 0.235. The van der Waals surface area contributed by atoms with Gasteiger partial charge in [0.25, 0.3) is 0 Å². The molecular weight excluding hydrogens is 253 g/mol. The van der Waals surface area contributed by atoms with Crippen LogP contribution in [0.5, 0.6) is 0 Å². The molecule has 0 N–H and O–H groups in total. The van der Waals surface area contributed by atoms with E-state index in [1.165, 1.54) is 11.6 Å². The maximum atomic E-state index is 13.5. The Hall–Kier alpha value is -2.16. The Morgan fingerprint density at radius 1 is 1.10 bits per heavy atom. The smallest absolute Gasteiger partial charge is 0.227 e. The predicted octanol–water partition coefficient (Wildman–Crippen LogP) is 3.35. The molecule has 1 amide bonds. The number of benzene rings is 2. The molecule has 3 rings (SSSR count). The van der Waals surface area contributed by atoms with Crippen molar-refractivity contribution in [2.24, 2.45) is 0 Å². The molecule has 0 radical (unpaired) electrons. The number of para-hydroxylation sites is 1. The molecule has 0 saturated carbocycles. The van der Waals surface area contributed by atoms with Crippen molar-refractivity contribution < 1.29 is 9.18 Å². The number of aryl methyl sites for hydroxylation is 1. The van der Waals surface area contributed by atoms with E-state index in [9.17, 15) is 9.18 Å². The summed E-state index contributed by atoms with van der Waals surface area (Å²) < 4.78 is 13.5. The standard InChI is InChI=1S/C17H16FNO/c18-15-7-3-1-5-13(15)9-10-17(20)19-12-11-14-6-2-4-8-16(14)19/h1-8H,9-12H2. The van der Waals surface area contributed by atoms with Crippen LogP contribution in [0, 0.1) is 5.82 Å². The average molecular weight is 269 g/mol. The van der Waals surface area contributed by atoms with Crippen molar-refractivity contribution in [3.63, 3.8) is 0 Å². The van der Waals surface area contributed by atoms with Crippen LogP contribution >= 0.6 is 0 Å². The summed E-state index contributed by atoms with van der Waals surface area (Å²) in [4.78, 5) is 14.1. The molecule has 1 aliphatic rings. The summed E-state index contributed by atoms with van der Waals surface area (Å²) in [6, 6.07) is 14.6. The lowest BCUT2D eigenvalue weighted by molar-refractivity contribution is -0.118. The number of rotatable bonds is 3. The van der Waals surface area contributed by atoms with Crippen LogP contribution in [-0.4, -0.2) is 12.5 Å². The Balaban J connectivity index is 1.68. The maximum absolute atomic E-state index is 13.5. The van der Waals surface area contributed by atoms with Gasteiger partial charge in [0, 0.05) is 18.7 Å². The summed E-state index contributed by atoms with van der Waals surface area (Å²) in [5.41, 5.74) is 2.83. The first kappa shape index (κ1) is 12.9. The van der Waals surface area contributed by atoms with E-state index in [0.717, 1.165) is 18.7 Å². The van der Waals surface area contributed by atoms with Crippen LogP contribution in [0.3, 0.4) is 0 Å². The van der Waals surface area contributed by atoms with E-state index in [1.54, 1.807) is 18.2 Å². The van der Waals surface area contributed by atoms with Gasteiger partial charge in [-0.25, -0.2) is 4.39 Å². The molecule has 0 aromatic heterocycles. The van der Waals surface area contributed by atoms with Crippen molar-refractivity contribution in [1.29, 1.82) is 0 Å². The fourth-order valence-electron chi connectivity index (χ4n) is 2.68. The summed E-state index contributed by atoms with van der Waals surface area (Å²) in [5, 5.41) is 0. The molecular formula is C17H16FNO. The van der Waals surface area contributed by atoms with Gasteiger partial charge in [0.1, 0.15) is 5.82 Å². The first-order chi connectivity index (χ1) is 9.75. The highest BCUT2D eigenvalue weighted by Gasteiger charge is 2.23. The van der Waals surface area contributed by atoms with Gasteiger partial charge in [-0.05, 0) is 36.1 Å². The average Bonchev–Trinajstić information content (AvgIpc) is 2.90. The summed E-state index contributed by atoms with van der Waals surface area (Å²) in [6.45, 7) is 0.732. The zero-order valence-corrected chi connectivity index (χ0v) is 11.2. The Morgan fingerprint density at radius 3 is 2.70 bits per heavy atom. The van der Waals surface area contributed by atoms with Gasteiger partial charge in [-0.1, -0.05) is 36.4 Å². The first-order valence-electron chi connectivity index (χ1n) is 6.87. The third-order valence-electron chi connectivity index (χ3n) is 3.75. The molecule has 0 saturated heterocycles. The van der Waals surface area contributed by atoms with Crippen LogP contribution < -0.4 is 4.90 Å².